The molecule has 2 rings (SSSR count). The number of hydrazone groups is 1. The van der Waals surface area contributed by atoms with Crippen LogP contribution in [0.1, 0.15) is 47.0 Å². The number of rotatable bonds is 8. The van der Waals surface area contributed by atoms with Crippen LogP contribution >= 0.6 is 11.6 Å². The Balaban J connectivity index is 0.000000801. The van der Waals surface area contributed by atoms with Gasteiger partial charge in [0.1, 0.15) is 12.3 Å². The van der Waals surface area contributed by atoms with Gasteiger partial charge in [0, 0.05) is 56.6 Å². The first-order valence-corrected chi connectivity index (χ1v) is 11.6. The first-order valence-electron chi connectivity index (χ1n) is 11.2. The summed E-state index contributed by atoms with van der Waals surface area (Å²) in [6, 6.07) is 5.99. The molecule has 1 fully saturated rings. The number of carbonyl (C=O) groups is 1. The van der Waals surface area contributed by atoms with Gasteiger partial charge in [0.25, 0.3) is 0 Å². The second-order valence-corrected chi connectivity index (χ2v) is 8.34. The van der Waals surface area contributed by atoms with Gasteiger partial charge in [0.2, 0.25) is 5.91 Å². The Morgan fingerprint density at radius 2 is 1.85 bits per heavy atom. The molecule has 0 aromatic heterocycles. The van der Waals surface area contributed by atoms with Crippen LogP contribution in [0.5, 0.6) is 5.75 Å². The minimum Gasteiger partial charge on any atom is -0.495 e. The lowest BCUT2D eigenvalue weighted by molar-refractivity contribution is -0.133. The van der Waals surface area contributed by atoms with Crippen molar-refractivity contribution in [1.82, 2.24) is 9.91 Å². The predicted octanol–water partition coefficient (Wildman–Crippen LogP) is 5.45. The zero-order valence-corrected chi connectivity index (χ0v) is 20.9. The number of ether oxygens (including phenoxy) is 1. The van der Waals surface area contributed by atoms with E-state index < -0.39 is 12.6 Å². The summed E-state index contributed by atoms with van der Waals surface area (Å²) in [5.41, 5.74) is 1.07. The number of alkyl halides is 3. The van der Waals surface area contributed by atoms with Crippen molar-refractivity contribution >= 4 is 29.4 Å². The van der Waals surface area contributed by atoms with E-state index >= 15 is 0 Å². The zero-order valence-electron chi connectivity index (χ0n) is 20.2. The number of methoxy groups -OCH3 is 1. The molecule has 0 atom stereocenters. The molecule has 1 amide bonds. The smallest absolute Gasteiger partial charge is 0.388 e. The van der Waals surface area contributed by atoms with Crippen LogP contribution in [0.15, 0.2) is 23.3 Å². The maximum Gasteiger partial charge on any atom is 0.388 e. The zero-order chi connectivity index (χ0) is 25.0. The molecule has 0 N–H and O–H groups in total. The molecule has 0 radical (unpaired) electrons. The topological polar surface area (TPSA) is 48.4 Å². The summed E-state index contributed by atoms with van der Waals surface area (Å²) in [5.74, 6) is 0.802. The van der Waals surface area contributed by atoms with Crippen molar-refractivity contribution in [2.45, 2.75) is 59.2 Å². The van der Waals surface area contributed by atoms with E-state index in [4.69, 9.17) is 16.3 Å². The summed E-state index contributed by atoms with van der Waals surface area (Å²) >= 11 is 6.11. The highest BCUT2D eigenvalue weighted by Crippen LogP contribution is 2.29. The SMILES string of the molecule is CCC(F)(F)F.CCC/C=N\N(CC(=O)N1CCN(c2ccc(Cl)c(OC)c2)CC1)C(C)C. The highest BCUT2D eigenvalue weighted by molar-refractivity contribution is 6.32. The number of anilines is 1. The molecule has 188 valence electrons. The van der Waals surface area contributed by atoms with Gasteiger partial charge < -0.3 is 14.5 Å². The van der Waals surface area contributed by atoms with Crippen molar-refractivity contribution in [2.24, 2.45) is 5.10 Å². The van der Waals surface area contributed by atoms with Gasteiger partial charge >= 0.3 is 6.18 Å². The lowest BCUT2D eigenvalue weighted by Gasteiger charge is -2.37. The third-order valence-corrected chi connectivity index (χ3v) is 5.39. The Kier molecular flexibility index (Phi) is 12.4. The highest BCUT2D eigenvalue weighted by atomic mass is 35.5. The van der Waals surface area contributed by atoms with Crippen molar-refractivity contribution < 1.29 is 22.7 Å². The third kappa shape index (κ3) is 10.5. The van der Waals surface area contributed by atoms with Crippen molar-refractivity contribution in [3.63, 3.8) is 0 Å². The maximum atomic E-state index is 12.7. The first-order chi connectivity index (χ1) is 15.5. The third-order valence-electron chi connectivity index (χ3n) is 5.07. The van der Waals surface area contributed by atoms with Crippen LogP contribution < -0.4 is 9.64 Å². The van der Waals surface area contributed by atoms with Gasteiger partial charge in [-0.1, -0.05) is 31.9 Å². The van der Waals surface area contributed by atoms with E-state index in [1.165, 1.54) is 0 Å². The van der Waals surface area contributed by atoms with Gasteiger partial charge in [-0.05, 0) is 32.4 Å². The molecule has 6 nitrogen and oxygen atoms in total. The number of unbranched alkanes of at least 4 members (excludes halogenated alkanes) is 1. The molecular formula is C23H36ClF3N4O2. The summed E-state index contributed by atoms with van der Waals surface area (Å²) in [7, 11) is 1.62. The number of carbonyl (C=O) groups excluding carboxylic acids is 1. The van der Waals surface area contributed by atoms with E-state index in [-0.39, 0.29) is 11.9 Å². The number of halogens is 4. The van der Waals surface area contributed by atoms with E-state index in [9.17, 15) is 18.0 Å². The summed E-state index contributed by atoms with van der Waals surface area (Å²) in [6.45, 7) is 10.6. The molecule has 0 unspecified atom stereocenters. The summed E-state index contributed by atoms with van der Waals surface area (Å²) in [4.78, 5) is 16.9. The van der Waals surface area contributed by atoms with Crippen LogP contribution in [0.3, 0.4) is 0 Å². The molecule has 1 saturated heterocycles. The molecule has 0 bridgehead atoms. The largest absolute Gasteiger partial charge is 0.495 e. The molecule has 0 saturated carbocycles. The standard InChI is InChI=1S/C20H31ClN4O2.C3H5F3/c1-5-6-9-22-25(16(2)3)15-20(26)24-12-10-23(11-13-24)17-7-8-18(21)19(14-17)27-4;1-2-3(4,5)6/h7-9,14,16H,5-6,10-13,15H2,1-4H3;2H2,1H3/b22-9-;. The lowest BCUT2D eigenvalue weighted by atomic mass is 10.2. The lowest BCUT2D eigenvalue weighted by Crippen LogP contribution is -2.51. The predicted molar refractivity (Wildman–Crippen MR) is 128 cm³/mol. The minimum absolute atomic E-state index is 0.130. The molecule has 1 aliphatic rings. The fourth-order valence-corrected chi connectivity index (χ4v) is 3.14. The van der Waals surface area contributed by atoms with Gasteiger partial charge in [-0.25, -0.2) is 0 Å². The number of benzene rings is 1. The number of hydrogen-bond acceptors (Lipinski definition) is 5. The van der Waals surface area contributed by atoms with Gasteiger partial charge in [0.15, 0.2) is 0 Å². The fraction of sp³-hybridized carbons (Fsp3) is 0.652. The fourth-order valence-electron chi connectivity index (χ4n) is 2.95. The van der Waals surface area contributed by atoms with Crippen LogP contribution in [0.4, 0.5) is 18.9 Å². The van der Waals surface area contributed by atoms with Crippen molar-refractivity contribution in [2.75, 3.05) is 44.7 Å². The first kappa shape index (κ1) is 28.9. The van der Waals surface area contributed by atoms with Gasteiger partial charge in [-0.2, -0.15) is 18.3 Å². The van der Waals surface area contributed by atoms with E-state index in [1.54, 1.807) is 7.11 Å². The second kappa shape index (κ2) is 14.2. The average Bonchev–Trinajstić information content (AvgIpc) is 2.78. The normalized spacial score (nSPS) is 14.4. The molecule has 1 aromatic rings. The average molecular weight is 493 g/mol. The second-order valence-electron chi connectivity index (χ2n) is 7.93. The Hall–Kier alpha value is -2.16. The Bertz CT molecular complexity index is 752. The van der Waals surface area contributed by atoms with Crippen molar-refractivity contribution in [3.05, 3.63) is 23.2 Å². The summed E-state index contributed by atoms with van der Waals surface area (Å²) in [5, 5.41) is 6.94. The maximum absolute atomic E-state index is 12.7. The van der Waals surface area contributed by atoms with E-state index in [0.717, 1.165) is 38.5 Å². The number of piperazine rings is 1. The minimum atomic E-state index is -3.96. The molecule has 1 aliphatic heterocycles. The van der Waals surface area contributed by atoms with E-state index in [2.05, 4.69) is 30.8 Å². The number of nitrogens with zero attached hydrogens (tertiary/aromatic N) is 4. The molecule has 0 spiro atoms. The van der Waals surface area contributed by atoms with Crippen molar-refractivity contribution in [3.8, 4) is 5.75 Å². The van der Waals surface area contributed by atoms with Crippen LogP contribution in [0.25, 0.3) is 0 Å². The highest BCUT2D eigenvalue weighted by Gasteiger charge is 2.24. The number of hydrogen-bond donors (Lipinski definition) is 0. The van der Waals surface area contributed by atoms with Gasteiger partial charge in [-0.3, -0.25) is 9.80 Å². The number of amides is 1. The van der Waals surface area contributed by atoms with Crippen molar-refractivity contribution in [1.29, 1.82) is 0 Å². The van der Waals surface area contributed by atoms with Crippen LogP contribution in [-0.2, 0) is 4.79 Å². The quantitative estimate of drug-likeness (QED) is 0.357. The Labute approximate surface area is 200 Å². The summed E-state index contributed by atoms with van der Waals surface area (Å²) in [6.07, 6.45) is -0.798. The van der Waals surface area contributed by atoms with E-state index in [0.29, 0.717) is 30.4 Å². The molecule has 0 aliphatic carbocycles. The van der Waals surface area contributed by atoms with E-state index in [1.807, 2.05) is 34.3 Å². The molecular weight excluding hydrogens is 457 g/mol. The Morgan fingerprint density at radius 1 is 1.24 bits per heavy atom. The molecule has 33 heavy (non-hydrogen) atoms. The monoisotopic (exact) mass is 492 g/mol. The summed E-state index contributed by atoms with van der Waals surface area (Å²) < 4.78 is 37.7. The molecule has 10 heteroatoms. The van der Waals surface area contributed by atoms with Crippen LogP contribution in [-0.4, -0.2) is 74.1 Å². The molecule has 1 aromatic carbocycles. The van der Waals surface area contributed by atoms with Crippen LogP contribution in [0.2, 0.25) is 5.02 Å². The molecule has 1 heterocycles. The van der Waals surface area contributed by atoms with Gasteiger partial charge in [0.05, 0.1) is 12.1 Å². The Morgan fingerprint density at radius 3 is 2.33 bits per heavy atom. The van der Waals surface area contributed by atoms with Gasteiger partial charge in [-0.15, -0.1) is 0 Å². The van der Waals surface area contributed by atoms with Crippen LogP contribution in [0, 0.1) is 0 Å².